The first kappa shape index (κ1) is 23.6. The van der Waals surface area contributed by atoms with Crippen molar-refractivity contribution < 1.29 is 18.3 Å². The van der Waals surface area contributed by atoms with E-state index in [-0.39, 0.29) is 46.2 Å². The molecule has 5 nitrogen and oxygen atoms in total. The van der Waals surface area contributed by atoms with E-state index in [4.69, 9.17) is 20.8 Å². The molecule has 0 fully saturated rings. The summed E-state index contributed by atoms with van der Waals surface area (Å²) in [5.41, 5.74) is 3.13. The van der Waals surface area contributed by atoms with Crippen molar-refractivity contribution in [3.05, 3.63) is 40.7 Å². The molecule has 1 heterocycles. The van der Waals surface area contributed by atoms with Crippen LogP contribution in [0.4, 0.5) is 4.39 Å². The zero-order valence-electron chi connectivity index (χ0n) is 17.9. The third kappa shape index (κ3) is 5.90. The average molecular weight is 441 g/mol. The topological polar surface area (TPSA) is 59.9 Å². The van der Waals surface area contributed by atoms with Gasteiger partial charge in [0, 0.05) is 17.9 Å². The molecule has 0 aliphatic carbocycles. The van der Waals surface area contributed by atoms with Crippen LogP contribution in [0.5, 0.6) is 5.75 Å². The molecule has 0 bridgehead atoms. The Balaban J connectivity index is 1.96. The highest BCUT2D eigenvalue weighted by Crippen LogP contribution is 2.36. The second-order valence-electron chi connectivity index (χ2n) is 8.73. The molecule has 1 aromatic rings. The van der Waals surface area contributed by atoms with Crippen molar-refractivity contribution in [1.82, 2.24) is 5.43 Å². The molecule has 8 heteroatoms. The minimum atomic E-state index is -1.78. The maximum absolute atomic E-state index is 14.8. The molecule has 160 valence electrons. The average Bonchev–Trinajstić information content (AvgIpc) is 2.61. The van der Waals surface area contributed by atoms with Gasteiger partial charge >= 0.3 is 0 Å². The first-order valence-corrected chi connectivity index (χ1v) is 13.0. The lowest BCUT2D eigenvalue weighted by Gasteiger charge is -2.35. The second kappa shape index (κ2) is 9.41. The van der Waals surface area contributed by atoms with E-state index in [0.717, 1.165) is 0 Å². The van der Waals surface area contributed by atoms with Gasteiger partial charge in [-0.05, 0) is 36.3 Å². The standard InChI is InChI=1S/C21H30ClFN2O3Si/c1-14-13-17(26)24-25-20(14)15-9-10-16(18(22)19(15)23)27-11-7-8-12-28-29(5,6)21(2,3)4/h7-10,14H,11-13H2,1-6H3,(H,24,26). The van der Waals surface area contributed by atoms with Gasteiger partial charge in [-0.15, -0.1) is 0 Å². The summed E-state index contributed by atoms with van der Waals surface area (Å²) in [6, 6.07) is 3.19. The van der Waals surface area contributed by atoms with Gasteiger partial charge in [-0.1, -0.05) is 45.4 Å². The van der Waals surface area contributed by atoms with Crippen LogP contribution in [0.3, 0.4) is 0 Å². The summed E-state index contributed by atoms with van der Waals surface area (Å²) in [5.74, 6) is -0.714. The lowest BCUT2D eigenvalue weighted by atomic mass is 9.94. The number of ether oxygens (including phenoxy) is 1. The summed E-state index contributed by atoms with van der Waals surface area (Å²) in [4.78, 5) is 11.4. The number of amides is 1. The highest BCUT2D eigenvalue weighted by Gasteiger charge is 2.36. The smallest absolute Gasteiger partial charge is 0.240 e. The Labute approximate surface area is 178 Å². The number of nitrogens with zero attached hydrogens (tertiary/aromatic N) is 1. The van der Waals surface area contributed by atoms with Gasteiger partial charge in [-0.2, -0.15) is 5.10 Å². The molecule has 0 saturated carbocycles. The van der Waals surface area contributed by atoms with Crippen LogP contribution in [0.2, 0.25) is 23.2 Å². The molecule has 0 radical (unpaired) electrons. The van der Waals surface area contributed by atoms with Gasteiger partial charge in [0.15, 0.2) is 14.1 Å². The highest BCUT2D eigenvalue weighted by atomic mass is 35.5. The highest BCUT2D eigenvalue weighted by molar-refractivity contribution is 6.74. The summed E-state index contributed by atoms with van der Waals surface area (Å²) < 4.78 is 26.4. The Hall–Kier alpha value is -1.70. The van der Waals surface area contributed by atoms with Crippen LogP contribution in [0.1, 0.15) is 39.7 Å². The first-order valence-electron chi connectivity index (χ1n) is 9.70. The lowest BCUT2D eigenvalue weighted by Crippen LogP contribution is -2.40. The number of benzene rings is 1. The summed E-state index contributed by atoms with van der Waals surface area (Å²) in [7, 11) is -1.78. The molecule has 1 atom stereocenters. The number of hydrazone groups is 1. The van der Waals surface area contributed by atoms with Crippen LogP contribution in [-0.2, 0) is 9.22 Å². The number of halogens is 2. The lowest BCUT2D eigenvalue weighted by molar-refractivity contribution is -0.121. The molecule has 0 aromatic heterocycles. The van der Waals surface area contributed by atoms with Gasteiger partial charge in [0.25, 0.3) is 0 Å². The van der Waals surface area contributed by atoms with Crippen LogP contribution in [-0.4, -0.2) is 33.2 Å². The van der Waals surface area contributed by atoms with E-state index in [2.05, 4.69) is 44.4 Å². The van der Waals surface area contributed by atoms with Crippen LogP contribution < -0.4 is 10.2 Å². The molecule has 1 N–H and O–H groups in total. The molecule has 1 amide bonds. The van der Waals surface area contributed by atoms with Gasteiger partial charge < -0.3 is 9.16 Å². The largest absolute Gasteiger partial charge is 0.488 e. The first-order chi connectivity index (χ1) is 13.4. The van der Waals surface area contributed by atoms with Gasteiger partial charge in [-0.25, -0.2) is 9.82 Å². The third-order valence-corrected chi connectivity index (χ3v) is 10.3. The Morgan fingerprint density at radius 2 is 1.97 bits per heavy atom. The van der Waals surface area contributed by atoms with Crippen LogP contribution in [0, 0.1) is 11.7 Å². The van der Waals surface area contributed by atoms with Crippen LogP contribution in [0.15, 0.2) is 29.4 Å². The van der Waals surface area contributed by atoms with Gasteiger partial charge in [0.05, 0.1) is 12.3 Å². The quantitative estimate of drug-likeness (QED) is 0.462. The predicted molar refractivity (Wildman–Crippen MR) is 118 cm³/mol. The monoisotopic (exact) mass is 440 g/mol. The summed E-state index contributed by atoms with van der Waals surface area (Å²) in [5, 5.41) is 4.04. The van der Waals surface area contributed by atoms with Gasteiger partial charge in [-0.3, -0.25) is 4.79 Å². The van der Waals surface area contributed by atoms with Crippen molar-refractivity contribution in [3.63, 3.8) is 0 Å². The van der Waals surface area contributed by atoms with Crippen LogP contribution in [0.25, 0.3) is 0 Å². The minimum absolute atomic E-state index is 0.0970. The van der Waals surface area contributed by atoms with E-state index in [1.54, 1.807) is 12.1 Å². The number of rotatable bonds is 7. The fourth-order valence-electron chi connectivity index (χ4n) is 2.57. The molecule has 1 aliphatic rings. The minimum Gasteiger partial charge on any atom is -0.488 e. The summed E-state index contributed by atoms with van der Waals surface area (Å²) in [6.45, 7) is 13.6. The van der Waals surface area contributed by atoms with Crippen molar-refractivity contribution in [3.8, 4) is 5.75 Å². The fourth-order valence-corrected chi connectivity index (χ4v) is 3.73. The normalized spacial score (nSPS) is 18.0. The molecule has 1 unspecified atom stereocenters. The Bertz CT molecular complexity index is 819. The molecule has 0 saturated heterocycles. The SMILES string of the molecule is CC1CC(=O)NN=C1c1ccc(OCC=CCO[Si](C)(C)C(C)(C)C)c(Cl)c1F. The number of carbonyl (C=O) groups is 1. The number of carbonyl (C=O) groups excluding carboxylic acids is 1. The molecular formula is C21H30ClFN2O3Si. The number of hydrogen-bond donors (Lipinski definition) is 1. The maximum Gasteiger partial charge on any atom is 0.240 e. The van der Waals surface area contributed by atoms with Gasteiger partial charge in [0.2, 0.25) is 5.91 Å². The van der Waals surface area contributed by atoms with E-state index in [1.165, 1.54) is 0 Å². The van der Waals surface area contributed by atoms with Crippen molar-refractivity contribution >= 4 is 31.5 Å². The zero-order valence-corrected chi connectivity index (χ0v) is 19.7. The Morgan fingerprint density at radius 3 is 2.59 bits per heavy atom. The van der Waals surface area contributed by atoms with Crippen LogP contribution >= 0.6 is 11.6 Å². The summed E-state index contributed by atoms with van der Waals surface area (Å²) >= 11 is 6.16. The van der Waals surface area contributed by atoms with Gasteiger partial charge in [0.1, 0.15) is 17.4 Å². The van der Waals surface area contributed by atoms with Crippen molar-refractivity contribution in [2.75, 3.05) is 13.2 Å². The van der Waals surface area contributed by atoms with Crippen molar-refractivity contribution in [2.24, 2.45) is 11.0 Å². The van der Waals surface area contributed by atoms with E-state index in [0.29, 0.717) is 12.3 Å². The Kier molecular flexibility index (Phi) is 7.65. The Morgan fingerprint density at radius 1 is 1.31 bits per heavy atom. The number of hydrogen-bond acceptors (Lipinski definition) is 4. The molecular weight excluding hydrogens is 411 g/mol. The predicted octanol–water partition coefficient (Wildman–Crippen LogP) is 5.30. The molecule has 1 aliphatic heterocycles. The van der Waals surface area contributed by atoms with Crippen molar-refractivity contribution in [1.29, 1.82) is 0 Å². The van der Waals surface area contributed by atoms with E-state index in [1.807, 2.05) is 19.1 Å². The summed E-state index contributed by atoms with van der Waals surface area (Å²) in [6.07, 6.45) is 3.99. The fraction of sp³-hybridized carbons (Fsp3) is 0.524. The zero-order chi connectivity index (χ0) is 21.8. The molecule has 29 heavy (non-hydrogen) atoms. The van der Waals surface area contributed by atoms with E-state index in [9.17, 15) is 9.18 Å². The van der Waals surface area contributed by atoms with E-state index < -0.39 is 14.1 Å². The third-order valence-electron chi connectivity index (χ3n) is 5.43. The van der Waals surface area contributed by atoms with E-state index >= 15 is 0 Å². The molecule has 0 spiro atoms. The number of nitrogens with one attached hydrogen (secondary N) is 1. The molecule has 1 aromatic carbocycles. The second-order valence-corrected chi connectivity index (χ2v) is 13.9. The van der Waals surface area contributed by atoms with Crippen molar-refractivity contribution in [2.45, 2.75) is 52.2 Å². The molecule has 2 rings (SSSR count). The maximum atomic E-state index is 14.8.